The van der Waals surface area contributed by atoms with Crippen molar-refractivity contribution in [3.8, 4) is 11.5 Å². The summed E-state index contributed by atoms with van der Waals surface area (Å²) in [5.74, 6) is 1.74. The highest BCUT2D eigenvalue weighted by Gasteiger charge is 2.04. The molecule has 2 aromatic rings. The fraction of sp³-hybridized carbons (Fsp3) is 0.143. The molecule has 0 aliphatic heterocycles. The summed E-state index contributed by atoms with van der Waals surface area (Å²) in [4.78, 5) is 0. The number of para-hydroxylation sites is 1. The van der Waals surface area contributed by atoms with Gasteiger partial charge in [0.25, 0.3) is 0 Å². The van der Waals surface area contributed by atoms with Crippen molar-refractivity contribution < 1.29 is 4.74 Å². The highest BCUT2D eigenvalue weighted by molar-refractivity contribution is 5.46. The number of ether oxygens (including phenoxy) is 1. The molecule has 0 aliphatic carbocycles. The second kappa shape index (κ2) is 4.27. The number of nitrogen functional groups attached to an aromatic ring is 1. The predicted molar refractivity (Wildman–Crippen MR) is 66.8 cm³/mol. The van der Waals surface area contributed by atoms with E-state index in [0.29, 0.717) is 0 Å². The number of hydrogen-bond acceptors (Lipinski definition) is 2. The zero-order chi connectivity index (χ0) is 11.5. The summed E-state index contributed by atoms with van der Waals surface area (Å²) >= 11 is 0. The largest absolute Gasteiger partial charge is 0.457 e. The maximum absolute atomic E-state index is 5.84. The van der Waals surface area contributed by atoms with E-state index in [9.17, 15) is 0 Å². The van der Waals surface area contributed by atoms with Gasteiger partial charge in [-0.25, -0.2) is 0 Å². The summed E-state index contributed by atoms with van der Waals surface area (Å²) in [6.45, 7) is 4.08. The van der Waals surface area contributed by atoms with Crippen LogP contribution >= 0.6 is 0 Å². The van der Waals surface area contributed by atoms with E-state index in [0.717, 1.165) is 28.3 Å². The third-order valence-corrected chi connectivity index (χ3v) is 2.51. The second-order valence-corrected chi connectivity index (χ2v) is 3.89. The Morgan fingerprint density at radius 2 is 1.44 bits per heavy atom. The van der Waals surface area contributed by atoms with Gasteiger partial charge in [-0.2, -0.15) is 0 Å². The normalized spacial score (nSPS) is 10.1. The van der Waals surface area contributed by atoms with Crippen LogP contribution in [-0.2, 0) is 0 Å². The van der Waals surface area contributed by atoms with Crippen LogP contribution in [0.5, 0.6) is 11.5 Å². The van der Waals surface area contributed by atoms with Crippen molar-refractivity contribution in [3.05, 3.63) is 53.6 Å². The Morgan fingerprint density at radius 1 is 0.875 bits per heavy atom. The Kier molecular flexibility index (Phi) is 2.82. The summed E-state index contributed by atoms with van der Waals surface area (Å²) in [6.07, 6.45) is 0. The van der Waals surface area contributed by atoms with Gasteiger partial charge in [0.05, 0.1) is 0 Å². The van der Waals surface area contributed by atoms with Crippen LogP contribution in [0.15, 0.2) is 42.5 Å². The van der Waals surface area contributed by atoms with Crippen LogP contribution < -0.4 is 10.5 Å². The monoisotopic (exact) mass is 213 g/mol. The highest BCUT2D eigenvalue weighted by atomic mass is 16.5. The van der Waals surface area contributed by atoms with Crippen molar-refractivity contribution in [2.75, 3.05) is 5.73 Å². The van der Waals surface area contributed by atoms with E-state index in [1.54, 1.807) is 0 Å². The molecule has 0 heterocycles. The molecule has 0 aliphatic rings. The first-order valence-corrected chi connectivity index (χ1v) is 5.26. The van der Waals surface area contributed by atoms with E-state index in [4.69, 9.17) is 10.5 Å². The summed E-state index contributed by atoms with van der Waals surface area (Å²) in [6, 6.07) is 13.5. The van der Waals surface area contributed by atoms with Crippen molar-refractivity contribution in [1.82, 2.24) is 0 Å². The van der Waals surface area contributed by atoms with Crippen molar-refractivity contribution >= 4 is 5.69 Å². The van der Waals surface area contributed by atoms with Gasteiger partial charge in [-0.3, -0.25) is 0 Å². The Morgan fingerprint density at radius 3 is 2.00 bits per heavy atom. The average Bonchev–Trinajstić information content (AvgIpc) is 2.26. The zero-order valence-electron chi connectivity index (χ0n) is 9.53. The molecular formula is C14H15NO. The number of benzene rings is 2. The van der Waals surface area contributed by atoms with Crippen LogP contribution in [-0.4, -0.2) is 0 Å². The Bertz CT molecular complexity index is 468. The van der Waals surface area contributed by atoms with Crippen LogP contribution in [0.1, 0.15) is 11.1 Å². The van der Waals surface area contributed by atoms with Crippen LogP contribution in [0.3, 0.4) is 0 Å². The quantitative estimate of drug-likeness (QED) is 0.772. The van der Waals surface area contributed by atoms with E-state index in [1.807, 2.05) is 56.3 Å². The molecule has 2 N–H and O–H groups in total. The number of hydrogen-bond donors (Lipinski definition) is 1. The smallest absolute Gasteiger partial charge is 0.133 e. The third kappa shape index (κ3) is 2.16. The average molecular weight is 213 g/mol. The molecule has 0 spiro atoms. The predicted octanol–water partition coefficient (Wildman–Crippen LogP) is 3.68. The zero-order valence-corrected chi connectivity index (χ0v) is 9.53. The summed E-state index contributed by atoms with van der Waals surface area (Å²) in [5.41, 5.74) is 8.64. The van der Waals surface area contributed by atoms with Crippen molar-refractivity contribution in [3.63, 3.8) is 0 Å². The maximum atomic E-state index is 5.84. The number of rotatable bonds is 2. The van der Waals surface area contributed by atoms with Crippen molar-refractivity contribution in [2.45, 2.75) is 13.8 Å². The molecular weight excluding hydrogens is 198 g/mol. The first-order valence-electron chi connectivity index (χ1n) is 5.26. The molecule has 0 fully saturated rings. The minimum absolute atomic E-state index is 0.744. The summed E-state index contributed by atoms with van der Waals surface area (Å²) in [7, 11) is 0. The fourth-order valence-corrected chi connectivity index (χ4v) is 1.61. The van der Waals surface area contributed by atoms with E-state index < -0.39 is 0 Å². The molecule has 0 radical (unpaired) electrons. The van der Waals surface area contributed by atoms with E-state index in [2.05, 4.69) is 0 Å². The van der Waals surface area contributed by atoms with Gasteiger partial charge in [0, 0.05) is 5.69 Å². The highest BCUT2D eigenvalue weighted by Crippen LogP contribution is 2.28. The van der Waals surface area contributed by atoms with Gasteiger partial charge in [0.2, 0.25) is 0 Å². The molecule has 0 saturated heterocycles. The van der Waals surface area contributed by atoms with Crippen molar-refractivity contribution in [2.24, 2.45) is 0 Å². The SMILES string of the molecule is Cc1cccc(C)c1Oc1ccc(N)cc1. The number of aryl methyl sites for hydroxylation is 2. The molecule has 2 nitrogen and oxygen atoms in total. The van der Waals surface area contributed by atoms with Gasteiger partial charge in [-0.1, -0.05) is 18.2 Å². The summed E-state index contributed by atoms with van der Waals surface area (Å²) < 4.78 is 5.84. The standard InChI is InChI=1S/C14H15NO/c1-10-4-3-5-11(2)14(10)16-13-8-6-12(15)7-9-13/h3-9H,15H2,1-2H3. The molecule has 2 aromatic carbocycles. The molecule has 16 heavy (non-hydrogen) atoms. The minimum Gasteiger partial charge on any atom is -0.457 e. The van der Waals surface area contributed by atoms with E-state index in [1.165, 1.54) is 0 Å². The fourth-order valence-electron chi connectivity index (χ4n) is 1.61. The first-order chi connectivity index (χ1) is 7.66. The van der Waals surface area contributed by atoms with E-state index in [-0.39, 0.29) is 0 Å². The molecule has 0 unspecified atom stereocenters. The van der Waals surface area contributed by atoms with Gasteiger partial charge in [-0.15, -0.1) is 0 Å². The van der Waals surface area contributed by atoms with Crippen molar-refractivity contribution in [1.29, 1.82) is 0 Å². The first kappa shape index (κ1) is 10.6. The van der Waals surface area contributed by atoms with Crippen LogP contribution in [0, 0.1) is 13.8 Å². The Labute approximate surface area is 95.7 Å². The molecule has 2 heteroatoms. The topological polar surface area (TPSA) is 35.2 Å². The number of nitrogens with two attached hydrogens (primary N) is 1. The minimum atomic E-state index is 0.744. The van der Waals surface area contributed by atoms with Gasteiger partial charge in [0.15, 0.2) is 0 Å². The molecule has 0 bridgehead atoms. The lowest BCUT2D eigenvalue weighted by atomic mass is 10.1. The van der Waals surface area contributed by atoms with Crippen LogP contribution in [0.4, 0.5) is 5.69 Å². The number of anilines is 1. The van der Waals surface area contributed by atoms with Crippen LogP contribution in [0.25, 0.3) is 0 Å². The Balaban J connectivity index is 2.30. The lowest BCUT2D eigenvalue weighted by molar-refractivity contribution is 0.475. The summed E-state index contributed by atoms with van der Waals surface area (Å²) in [5, 5.41) is 0. The van der Waals surface area contributed by atoms with Crippen LogP contribution in [0.2, 0.25) is 0 Å². The van der Waals surface area contributed by atoms with E-state index >= 15 is 0 Å². The molecule has 2 rings (SSSR count). The molecule has 0 atom stereocenters. The molecule has 0 amide bonds. The molecule has 0 aromatic heterocycles. The second-order valence-electron chi connectivity index (χ2n) is 3.89. The molecule has 82 valence electrons. The Hall–Kier alpha value is -1.96. The lowest BCUT2D eigenvalue weighted by Gasteiger charge is -2.11. The third-order valence-electron chi connectivity index (χ3n) is 2.51. The molecule has 0 saturated carbocycles. The van der Waals surface area contributed by atoms with Gasteiger partial charge in [0.1, 0.15) is 11.5 Å². The lowest BCUT2D eigenvalue weighted by Crippen LogP contribution is -1.91. The van der Waals surface area contributed by atoms with Gasteiger partial charge in [-0.05, 0) is 49.2 Å². The maximum Gasteiger partial charge on any atom is 0.133 e. The van der Waals surface area contributed by atoms with Gasteiger partial charge < -0.3 is 10.5 Å². The van der Waals surface area contributed by atoms with Gasteiger partial charge >= 0.3 is 0 Å².